The first kappa shape index (κ1) is 11.7. The van der Waals surface area contributed by atoms with Gasteiger partial charge in [0.2, 0.25) is 0 Å². The van der Waals surface area contributed by atoms with Gasteiger partial charge in [0.15, 0.2) is 5.65 Å². The number of hydrogen-bond acceptors (Lipinski definition) is 4. The van der Waals surface area contributed by atoms with Gasteiger partial charge in [0.25, 0.3) is 0 Å². The fourth-order valence-electron chi connectivity index (χ4n) is 2.27. The van der Waals surface area contributed by atoms with E-state index in [-0.39, 0.29) is 0 Å². The molecule has 3 rings (SSSR count). The lowest BCUT2D eigenvalue weighted by molar-refractivity contribution is 0.524. The molecular formula is C12H16ClN5. The molecule has 0 aliphatic heterocycles. The molecule has 0 atom stereocenters. The van der Waals surface area contributed by atoms with Crippen LogP contribution in [0.25, 0.3) is 11.0 Å². The van der Waals surface area contributed by atoms with E-state index < -0.39 is 0 Å². The highest BCUT2D eigenvalue weighted by Gasteiger charge is 2.41. The molecule has 1 saturated carbocycles. The van der Waals surface area contributed by atoms with Crippen LogP contribution in [0.5, 0.6) is 0 Å². The summed E-state index contributed by atoms with van der Waals surface area (Å²) in [6.45, 7) is 0.931. The van der Waals surface area contributed by atoms with Crippen LogP contribution in [0.3, 0.4) is 0 Å². The van der Waals surface area contributed by atoms with Gasteiger partial charge in [-0.15, -0.1) is 11.6 Å². The van der Waals surface area contributed by atoms with Crippen molar-refractivity contribution < 1.29 is 0 Å². The first-order valence-electron chi connectivity index (χ1n) is 6.17. The third kappa shape index (κ3) is 2.03. The molecule has 0 bridgehead atoms. The molecule has 5 nitrogen and oxygen atoms in total. The zero-order chi connectivity index (χ0) is 12.6. The van der Waals surface area contributed by atoms with Crippen molar-refractivity contribution in [3.8, 4) is 0 Å². The highest BCUT2D eigenvalue weighted by molar-refractivity contribution is 6.17. The van der Waals surface area contributed by atoms with Gasteiger partial charge in [-0.05, 0) is 24.7 Å². The number of fused-ring (bicyclic) bond motifs is 1. The zero-order valence-electron chi connectivity index (χ0n) is 10.4. The number of aryl methyl sites for hydroxylation is 1. The quantitative estimate of drug-likeness (QED) is 0.842. The number of anilines is 1. The molecule has 1 fully saturated rings. The molecule has 1 aliphatic carbocycles. The van der Waals surface area contributed by atoms with E-state index in [4.69, 9.17) is 11.6 Å². The summed E-state index contributed by atoms with van der Waals surface area (Å²) >= 11 is 5.84. The highest BCUT2D eigenvalue weighted by Crippen LogP contribution is 2.48. The van der Waals surface area contributed by atoms with E-state index in [0.29, 0.717) is 5.41 Å². The Kier molecular flexibility index (Phi) is 2.86. The number of nitrogens with zero attached hydrogens (tertiary/aromatic N) is 4. The van der Waals surface area contributed by atoms with Gasteiger partial charge in [-0.1, -0.05) is 0 Å². The Morgan fingerprint density at radius 3 is 3.00 bits per heavy atom. The van der Waals surface area contributed by atoms with Crippen molar-refractivity contribution >= 4 is 28.5 Å². The lowest BCUT2D eigenvalue weighted by atomic mass is 10.0. The molecule has 0 spiro atoms. The monoisotopic (exact) mass is 265 g/mol. The molecule has 18 heavy (non-hydrogen) atoms. The molecule has 1 aliphatic rings. The first-order valence-corrected chi connectivity index (χ1v) is 6.70. The summed E-state index contributed by atoms with van der Waals surface area (Å²) in [5, 5.41) is 8.61. The number of halogens is 1. The predicted octanol–water partition coefficient (Wildman–Crippen LogP) is 2.18. The van der Waals surface area contributed by atoms with Crippen LogP contribution in [0.4, 0.5) is 5.82 Å². The Hall–Kier alpha value is -1.36. The highest BCUT2D eigenvalue weighted by atomic mass is 35.5. The van der Waals surface area contributed by atoms with Crippen molar-refractivity contribution in [1.29, 1.82) is 0 Å². The summed E-state index contributed by atoms with van der Waals surface area (Å²) in [7, 11) is 1.88. The van der Waals surface area contributed by atoms with Crippen molar-refractivity contribution in [2.45, 2.75) is 19.3 Å². The number of rotatable bonds is 5. The van der Waals surface area contributed by atoms with Gasteiger partial charge in [-0.2, -0.15) is 5.10 Å². The number of alkyl halides is 1. The second-order valence-corrected chi connectivity index (χ2v) is 5.40. The summed E-state index contributed by atoms with van der Waals surface area (Å²) in [5.41, 5.74) is 1.25. The first-order chi connectivity index (χ1) is 8.74. The second kappa shape index (κ2) is 4.39. The molecule has 2 aromatic heterocycles. The Bertz CT molecular complexity index is 561. The fourth-order valence-corrected chi connectivity index (χ4v) is 2.67. The van der Waals surface area contributed by atoms with E-state index in [2.05, 4.69) is 20.4 Å². The minimum absolute atomic E-state index is 0.390. The Morgan fingerprint density at radius 1 is 1.44 bits per heavy atom. The lowest BCUT2D eigenvalue weighted by Gasteiger charge is -2.14. The van der Waals surface area contributed by atoms with Crippen LogP contribution in [-0.2, 0) is 7.05 Å². The third-order valence-corrected chi connectivity index (χ3v) is 3.93. The smallest absolute Gasteiger partial charge is 0.163 e. The lowest BCUT2D eigenvalue weighted by Crippen LogP contribution is -2.16. The fraction of sp³-hybridized carbons (Fsp3) is 0.583. The molecule has 0 amide bonds. The van der Waals surface area contributed by atoms with Crippen molar-refractivity contribution in [1.82, 2.24) is 19.7 Å². The second-order valence-electron chi connectivity index (χ2n) is 5.02. The van der Waals surface area contributed by atoms with Crippen LogP contribution < -0.4 is 5.32 Å². The van der Waals surface area contributed by atoms with Crippen LogP contribution in [-0.4, -0.2) is 32.2 Å². The maximum atomic E-state index is 5.84. The van der Waals surface area contributed by atoms with Gasteiger partial charge in [-0.25, -0.2) is 9.97 Å². The molecular weight excluding hydrogens is 250 g/mol. The summed E-state index contributed by atoms with van der Waals surface area (Å²) in [6.07, 6.45) is 6.97. The van der Waals surface area contributed by atoms with Gasteiger partial charge >= 0.3 is 0 Å². The Morgan fingerprint density at radius 2 is 2.28 bits per heavy atom. The van der Waals surface area contributed by atoms with E-state index in [1.54, 1.807) is 17.2 Å². The van der Waals surface area contributed by atoms with Crippen molar-refractivity contribution in [3.63, 3.8) is 0 Å². The summed E-state index contributed by atoms with van der Waals surface area (Å²) < 4.78 is 1.76. The molecule has 96 valence electrons. The van der Waals surface area contributed by atoms with Gasteiger partial charge in [0.05, 0.1) is 11.6 Å². The number of nitrogens with one attached hydrogen (secondary N) is 1. The van der Waals surface area contributed by atoms with Crippen LogP contribution >= 0.6 is 11.6 Å². The Balaban J connectivity index is 1.79. The standard InChI is InChI=1S/C12H16ClN5/c1-18-11-9(6-17-18)10(15-8-16-11)14-7-12(2-3-12)4-5-13/h6,8H,2-5,7H2,1H3,(H,14,15,16). The minimum atomic E-state index is 0.390. The molecule has 2 heterocycles. The summed E-state index contributed by atoms with van der Waals surface area (Å²) in [6, 6.07) is 0. The van der Waals surface area contributed by atoms with Gasteiger partial charge in [0, 0.05) is 19.5 Å². The van der Waals surface area contributed by atoms with E-state index in [0.717, 1.165) is 35.7 Å². The topological polar surface area (TPSA) is 55.6 Å². The Labute approximate surface area is 111 Å². The van der Waals surface area contributed by atoms with Crippen LogP contribution in [0.2, 0.25) is 0 Å². The molecule has 0 radical (unpaired) electrons. The van der Waals surface area contributed by atoms with Crippen molar-refractivity contribution in [2.75, 3.05) is 17.7 Å². The molecule has 1 N–H and O–H groups in total. The predicted molar refractivity (Wildman–Crippen MR) is 71.8 cm³/mol. The van der Waals surface area contributed by atoms with Crippen molar-refractivity contribution in [2.24, 2.45) is 12.5 Å². The zero-order valence-corrected chi connectivity index (χ0v) is 11.1. The summed E-state index contributed by atoms with van der Waals surface area (Å²) in [4.78, 5) is 8.53. The normalized spacial score (nSPS) is 17.0. The van der Waals surface area contributed by atoms with Gasteiger partial charge in [-0.3, -0.25) is 4.68 Å². The number of aromatic nitrogens is 4. The van der Waals surface area contributed by atoms with Crippen molar-refractivity contribution in [3.05, 3.63) is 12.5 Å². The largest absolute Gasteiger partial charge is 0.369 e. The molecule has 0 saturated heterocycles. The maximum absolute atomic E-state index is 5.84. The maximum Gasteiger partial charge on any atom is 0.163 e. The molecule has 0 unspecified atom stereocenters. The molecule has 6 heteroatoms. The van der Waals surface area contributed by atoms with Crippen LogP contribution in [0.15, 0.2) is 12.5 Å². The summed E-state index contributed by atoms with van der Waals surface area (Å²) in [5.74, 6) is 1.60. The SMILES string of the molecule is Cn1ncc2c(NCC3(CCCl)CC3)ncnc21. The van der Waals surface area contributed by atoms with E-state index in [1.807, 2.05) is 7.05 Å². The third-order valence-electron chi connectivity index (χ3n) is 3.74. The van der Waals surface area contributed by atoms with E-state index in [9.17, 15) is 0 Å². The average Bonchev–Trinajstić information content (AvgIpc) is 3.04. The van der Waals surface area contributed by atoms with Gasteiger partial charge in [0.1, 0.15) is 12.1 Å². The van der Waals surface area contributed by atoms with E-state index >= 15 is 0 Å². The number of hydrogen-bond donors (Lipinski definition) is 1. The van der Waals surface area contributed by atoms with Gasteiger partial charge < -0.3 is 5.32 Å². The van der Waals surface area contributed by atoms with Crippen LogP contribution in [0.1, 0.15) is 19.3 Å². The molecule has 2 aromatic rings. The minimum Gasteiger partial charge on any atom is -0.369 e. The molecule has 0 aromatic carbocycles. The van der Waals surface area contributed by atoms with E-state index in [1.165, 1.54) is 12.8 Å². The van der Waals surface area contributed by atoms with Crippen LogP contribution in [0, 0.1) is 5.41 Å². The average molecular weight is 266 g/mol.